The van der Waals surface area contributed by atoms with Crippen LogP contribution < -0.4 is 0 Å². The van der Waals surface area contributed by atoms with Crippen molar-refractivity contribution in [1.29, 1.82) is 0 Å². The van der Waals surface area contributed by atoms with E-state index in [9.17, 15) is 39.6 Å². The minimum atomic E-state index is -0.573. The molecule has 0 unspecified atom stereocenters. The van der Waals surface area contributed by atoms with Crippen LogP contribution in [0.4, 0.5) is 0 Å². The number of Topliss-reactive ketones (excluding diaryl/α,β-unsaturated/α-hetero) is 4. The molecule has 4 aromatic rings. The van der Waals surface area contributed by atoms with E-state index in [1.807, 2.05) is 43.3 Å². The molecule has 0 aliphatic rings. The topological polar surface area (TPSA) is 149 Å². The molecule has 0 amide bonds. The SMILES string of the molecule is CCCC(=O)CCc1cc(C(C)(C)C)c(O)c(C(C)(C)CCC(=O)CCc2cc(C(C)(C)C)c(O)c(C(C)(C)CCC(=O)CCc3cc(C(C)(C)C)c(O)c(C(C)(C)CCC(=O)CCc4cc(C(C)(C)C)c(O)c(C(C)(C)C)c4)c3)c2)c1. The molecule has 82 heavy (non-hydrogen) atoms. The number of phenolic OH excluding ortho intramolecular Hbond substituents is 4. The van der Waals surface area contributed by atoms with Gasteiger partial charge < -0.3 is 20.4 Å². The number of carbonyl (C=O) groups excluding carboxylic acids is 4. The molecule has 4 aromatic carbocycles. The van der Waals surface area contributed by atoms with Gasteiger partial charge >= 0.3 is 0 Å². The lowest BCUT2D eigenvalue weighted by molar-refractivity contribution is -0.120. The Morgan fingerprint density at radius 2 is 0.451 bits per heavy atom. The van der Waals surface area contributed by atoms with E-state index in [2.05, 4.69) is 158 Å². The monoisotopic (exact) mass is 1130 g/mol. The predicted molar refractivity (Wildman–Crippen MR) is 341 cm³/mol. The first kappa shape index (κ1) is 69.3. The minimum Gasteiger partial charge on any atom is -0.507 e. The molecule has 0 saturated heterocycles. The molecule has 0 aromatic heterocycles. The number of rotatable bonds is 26. The highest BCUT2D eigenvalue weighted by Crippen LogP contribution is 2.46. The number of phenols is 4. The highest BCUT2D eigenvalue weighted by atomic mass is 16.3. The molecule has 0 saturated carbocycles. The predicted octanol–water partition coefficient (Wildman–Crippen LogP) is 18.1. The molecule has 454 valence electrons. The van der Waals surface area contributed by atoms with Gasteiger partial charge in [0.05, 0.1) is 0 Å². The fraction of sp³-hybridized carbons (Fsp3) is 0.622. The average molecular weight is 1130 g/mol. The van der Waals surface area contributed by atoms with E-state index in [0.717, 1.165) is 73.2 Å². The Kier molecular flexibility index (Phi) is 22.3. The lowest BCUT2D eigenvalue weighted by atomic mass is 9.74. The first-order chi connectivity index (χ1) is 37.3. The Labute approximate surface area is 497 Å². The van der Waals surface area contributed by atoms with Crippen molar-refractivity contribution < 1.29 is 39.6 Å². The summed E-state index contributed by atoms with van der Waals surface area (Å²) >= 11 is 0. The van der Waals surface area contributed by atoms with Crippen LogP contribution in [-0.2, 0) is 88.2 Å². The molecule has 0 atom stereocenters. The molecule has 0 radical (unpaired) electrons. The van der Waals surface area contributed by atoms with Crippen molar-refractivity contribution in [2.75, 3.05) is 0 Å². The summed E-state index contributed by atoms with van der Waals surface area (Å²) in [4.78, 5) is 53.9. The molecule has 0 fully saturated rings. The van der Waals surface area contributed by atoms with Gasteiger partial charge in [-0.05, 0) is 145 Å². The van der Waals surface area contributed by atoms with E-state index in [-0.39, 0.29) is 67.5 Å². The van der Waals surface area contributed by atoms with Crippen molar-refractivity contribution in [3.05, 3.63) is 115 Å². The van der Waals surface area contributed by atoms with Crippen LogP contribution in [0.3, 0.4) is 0 Å². The van der Waals surface area contributed by atoms with E-state index in [1.54, 1.807) is 0 Å². The molecule has 4 rings (SSSR count). The van der Waals surface area contributed by atoms with Crippen molar-refractivity contribution in [1.82, 2.24) is 0 Å². The largest absolute Gasteiger partial charge is 0.507 e. The third-order valence-corrected chi connectivity index (χ3v) is 17.3. The van der Waals surface area contributed by atoms with Gasteiger partial charge in [0.25, 0.3) is 0 Å². The van der Waals surface area contributed by atoms with Gasteiger partial charge in [0.2, 0.25) is 0 Å². The maximum absolute atomic E-state index is 13.9. The molecular formula is C74H110O8. The van der Waals surface area contributed by atoms with Gasteiger partial charge in [-0.3, -0.25) is 19.2 Å². The van der Waals surface area contributed by atoms with E-state index in [0.29, 0.717) is 102 Å². The number of benzene rings is 4. The van der Waals surface area contributed by atoms with E-state index in [1.165, 1.54) is 0 Å². The maximum Gasteiger partial charge on any atom is 0.133 e. The second-order valence-electron chi connectivity index (χ2n) is 31.5. The number of aromatic hydroxyl groups is 4. The summed E-state index contributed by atoms with van der Waals surface area (Å²) in [5.74, 6) is 1.68. The smallest absolute Gasteiger partial charge is 0.133 e. The number of carbonyl (C=O) groups is 4. The van der Waals surface area contributed by atoms with Crippen LogP contribution in [0.1, 0.15) is 296 Å². The summed E-state index contributed by atoms with van der Waals surface area (Å²) in [6, 6.07) is 16.3. The van der Waals surface area contributed by atoms with E-state index < -0.39 is 16.2 Å². The van der Waals surface area contributed by atoms with Crippen LogP contribution >= 0.6 is 0 Å². The molecule has 8 nitrogen and oxygen atoms in total. The molecule has 0 aliphatic heterocycles. The molecule has 0 heterocycles. The molecule has 0 bridgehead atoms. The second-order valence-corrected chi connectivity index (χ2v) is 31.5. The Morgan fingerprint density at radius 1 is 0.280 bits per heavy atom. The van der Waals surface area contributed by atoms with Crippen LogP contribution in [0.2, 0.25) is 0 Å². The van der Waals surface area contributed by atoms with Crippen molar-refractivity contribution in [3.63, 3.8) is 0 Å². The fourth-order valence-electron chi connectivity index (χ4n) is 11.4. The lowest BCUT2D eigenvalue weighted by Gasteiger charge is -2.31. The summed E-state index contributed by atoms with van der Waals surface area (Å²) < 4.78 is 0. The first-order valence-corrected chi connectivity index (χ1v) is 30.8. The molecule has 4 N–H and O–H groups in total. The molecule has 8 heteroatoms. The van der Waals surface area contributed by atoms with Gasteiger partial charge in [-0.25, -0.2) is 0 Å². The van der Waals surface area contributed by atoms with Crippen molar-refractivity contribution >= 4 is 23.1 Å². The summed E-state index contributed by atoms with van der Waals surface area (Å²) in [5, 5.41) is 46.8. The van der Waals surface area contributed by atoms with Crippen LogP contribution in [0, 0.1) is 0 Å². The highest BCUT2D eigenvalue weighted by molar-refractivity contribution is 5.80. The number of aryl methyl sites for hydroxylation is 4. The van der Waals surface area contributed by atoms with Crippen LogP contribution in [0.5, 0.6) is 23.0 Å². The van der Waals surface area contributed by atoms with Crippen LogP contribution in [0.25, 0.3) is 0 Å². The van der Waals surface area contributed by atoms with Gasteiger partial charge in [0.1, 0.15) is 46.1 Å². The Hall–Kier alpha value is -5.24. The Bertz CT molecular complexity index is 2890. The molecule has 0 spiro atoms. The lowest BCUT2D eigenvalue weighted by Crippen LogP contribution is -2.23. The zero-order valence-corrected chi connectivity index (χ0v) is 55.4. The summed E-state index contributed by atoms with van der Waals surface area (Å²) in [7, 11) is 0. The first-order valence-electron chi connectivity index (χ1n) is 30.8. The van der Waals surface area contributed by atoms with Crippen molar-refractivity contribution in [3.8, 4) is 23.0 Å². The van der Waals surface area contributed by atoms with Gasteiger partial charge in [-0.15, -0.1) is 0 Å². The zero-order chi connectivity index (χ0) is 62.5. The Morgan fingerprint density at radius 3 is 0.634 bits per heavy atom. The third kappa shape index (κ3) is 18.6. The Balaban J connectivity index is 1.47. The standard InChI is InChI=1S/C74H110O8/c1-23-24-51(75)29-25-48-41-57(69(8,9)10)64(80)60(44-48)72(17,18)37-34-53(77)31-27-50-43-59(71(14,15)16)66(82)62(46-50)74(21,22)38-35-54(78)32-28-49-42-58(70(11,12)13)65(81)61(45-49)73(19,20)36-33-52(76)30-26-47-39-55(67(2,3)4)63(79)56(40-47)68(5,6)7/h39-46,79-82H,23-38H2,1-22H3. The summed E-state index contributed by atoms with van der Waals surface area (Å²) in [5.41, 5.74) is 7.35. The highest BCUT2D eigenvalue weighted by Gasteiger charge is 2.34. The molecule has 0 aliphatic carbocycles. The molecular weight excluding hydrogens is 1020 g/mol. The normalized spacial score (nSPS) is 13.2. The summed E-state index contributed by atoms with van der Waals surface area (Å²) in [6.45, 7) is 45.7. The fourth-order valence-corrected chi connectivity index (χ4v) is 11.4. The van der Waals surface area contributed by atoms with E-state index in [4.69, 9.17) is 0 Å². The average Bonchev–Trinajstić information content (AvgIpc) is 3.33. The van der Waals surface area contributed by atoms with Gasteiger partial charge in [-0.2, -0.15) is 0 Å². The van der Waals surface area contributed by atoms with Crippen molar-refractivity contribution in [2.24, 2.45) is 0 Å². The quantitative estimate of drug-likeness (QED) is 0.0486. The van der Waals surface area contributed by atoms with Gasteiger partial charge in [0, 0.05) is 68.1 Å². The summed E-state index contributed by atoms with van der Waals surface area (Å²) in [6.07, 6.45) is 7.66. The van der Waals surface area contributed by atoms with E-state index >= 15 is 0 Å². The van der Waals surface area contributed by atoms with Gasteiger partial charge in [0.15, 0.2) is 0 Å². The maximum atomic E-state index is 13.9. The third-order valence-electron chi connectivity index (χ3n) is 17.3. The zero-order valence-electron chi connectivity index (χ0n) is 55.4. The van der Waals surface area contributed by atoms with Gasteiger partial charge in [-0.1, -0.05) is 201 Å². The van der Waals surface area contributed by atoms with Crippen LogP contribution in [0.15, 0.2) is 48.5 Å². The number of hydrogen-bond donors (Lipinski definition) is 4. The minimum absolute atomic E-state index is 0.111. The van der Waals surface area contributed by atoms with Crippen molar-refractivity contribution in [2.45, 2.75) is 298 Å². The van der Waals surface area contributed by atoms with Crippen LogP contribution in [-0.4, -0.2) is 43.6 Å². The number of hydrogen-bond acceptors (Lipinski definition) is 8. The second kappa shape index (κ2) is 26.4. The number of ketones is 4.